The predicted molar refractivity (Wildman–Crippen MR) is 112 cm³/mol. The molecular formula is C23H21ClF2O2S. The molecule has 29 heavy (non-hydrogen) atoms. The number of hydrogen-bond donors (Lipinski definition) is 0. The summed E-state index contributed by atoms with van der Waals surface area (Å²) in [6.45, 7) is 0. The van der Waals surface area contributed by atoms with Crippen molar-refractivity contribution in [3.8, 4) is 0 Å². The smallest absolute Gasteiger partial charge is 0.185 e. The minimum absolute atomic E-state index is 0.0404. The molecule has 152 valence electrons. The molecule has 0 N–H and O–H groups in total. The quantitative estimate of drug-likeness (QED) is 0.377. The molecule has 0 aliphatic carbocycles. The van der Waals surface area contributed by atoms with Crippen LogP contribution in [0.5, 0.6) is 0 Å². The van der Waals surface area contributed by atoms with E-state index in [9.17, 15) is 17.2 Å². The molecule has 1 unspecified atom stereocenters. The minimum Gasteiger partial charge on any atom is -0.223 e. The van der Waals surface area contributed by atoms with Gasteiger partial charge in [0.1, 0.15) is 11.6 Å². The molecule has 0 aromatic heterocycles. The highest BCUT2D eigenvalue weighted by Crippen LogP contribution is 2.35. The second kappa shape index (κ2) is 9.51. The molecule has 3 aromatic rings. The van der Waals surface area contributed by atoms with Crippen LogP contribution < -0.4 is 0 Å². The highest BCUT2D eigenvalue weighted by molar-refractivity contribution is 7.91. The van der Waals surface area contributed by atoms with Gasteiger partial charge in [0.2, 0.25) is 0 Å². The van der Waals surface area contributed by atoms with Crippen LogP contribution in [-0.2, 0) is 16.3 Å². The molecule has 0 aliphatic heterocycles. The van der Waals surface area contributed by atoms with Crippen LogP contribution in [0.1, 0.15) is 35.6 Å². The first-order chi connectivity index (χ1) is 13.9. The maximum atomic E-state index is 14.5. The molecule has 3 rings (SSSR count). The first-order valence-electron chi connectivity index (χ1n) is 9.36. The van der Waals surface area contributed by atoms with Crippen LogP contribution in [0.3, 0.4) is 0 Å². The second-order valence-corrected chi connectivity index (χ2v) is 9.45. The van der Waals surface area contributed by atoms with Crippen molar-refractivity contribution in [1.82, 2.24) is 0 Å². The average Bonchev–Trinajstić information content (AvgIpc) is 2.71. The van der Waals surface area contributed by atoms with Gasteiger partial charge in [-0.25, -0.2) is 17.2 Å². The van der Waals surface area contributed by atoms with Gasteiger partial charge in [-0.3, -0.25) is 0 Å². The maximum absolute atomic E-state index is 14.5. The Kier molecular flexibility index (Phi) is 7.04. The van der Waals surface area contributed by atoms with Crippen molar-refractivity contribution < 1.29 is 17.2 Å². The van der Waals surface area contributed by atoms with E-state index < -0.39 is 26.7 Å². The van der Waals surface area contributed by atoms with E-state index in [4.69, 9.17) is 11.6 Å². The monoisotopic (exact) mass is 434 g/mol. The molecule has 0 saturated carbocycles. The molecule has 0 fully saturated rings. The van der Waals surface area contributed by atoms with Crippen LogP contribution >= 0.6 is 11.6 Å². The van der Waals surface area contributed by atoms with Gasteiger partial charge >= 0.3 is 0 Å². The van der Waals surface area contributed by atoms with Gasteiger partial charge in [0.15, 0.2) is 9.84 Å². The van der Waals surface area contributed by atoms with Gasteiger partial charge in [-0.15, -0.1) is 0 Å². The number of halogens is 3. The largest absolute Gasteiger partial charge is 0.223 e. The Morgan fingerprint density at radius 1 is 0.862 bits per heavy atom. The van der Waals surface area contributed by atoms with Gasteiger partial charge in [-0.1, -0.05) is 48.4 Å². The van der Waals surface area contributed by atoms with E-state index in [0.29, 0.717) is 11.4 Å². The van der Waals surface area contributed by atoms with E-state index in [1.807, 2.05) is 30.3 Å². The maximum Gasteiger partial charge on any atom is 0.185 e. The Morgan fingerprint density at radius 3 is 2.24 bits per heavy atom. The van der Waals surface area contributed by atoms with Gasteiger partial charge in [0.25, 0.3) is 0 Å². The summed E-state index contributed by atoms with van der Waals surface area (Å²) in [5, 5.41) is -0.768. The average molecular weight is 435 g/mol. The van der Waals surface area contributed by atoms with E-state index in [-0.39, 0.29) is 16.9 Å². The van der Waals surface area contributed by atoms with Gasteiger partial charge in [-0.05, 0) is 67.3 Å². The third kappa shape index (κ3) is 5.43. The summed E-state index contributed by atoms with van der Waals surface area (Å²) < 4.78 is 54.7. The second-order valence-electron chi connectivity index (χ2n) is 6.88. The zero-order valence-electron chi connectivity index (χ0n) is 15.7. The fourth-order valence-electron chi connectivity index (χ4n) is 3.33. The zero-order chi connectivity index (χ0) is 20.9. The SMILES string of the molecule is O=S(=O)(c1ccc(Cl)cc1)C(CCCCc1ccccc1)c1cc(F)ccc1F. The van der Waals surface area contributed by atoms with E-state index in [1.165, 1.54) is 24.3 Å². The summed E-state index contributed by atoms with van der Waals surface area (Å²) in [6.07, 6.45) is 2.29. The van der Waals surface area contributed by atoms with Gasteiger partial charge in [0, 0.05) is 10.6 Å². The van der Waals surface area contributed by atoms with Gasteiger partial charge < -0.3 is 0 Å². The molecule has 3 aromatic carbocycles. The van der Waals surface area contributed by atoms with Crippen molar-refractivity contribution in [2.24, 2.45) is 0 Å². The van der Waals surface area contributed by atoms with E-state index in [0.717, 1.165) is 36.6 Å². The van der Waals surface area contributed by atoms with Crippen molar-refractivity contribution in [1.29, 1.82) is 0 Å². The Labute approximate surface area is 175 Å². The number of aryl methyl sites for hydroxylation is 1. The standard InChI is InChI=1S/C23H21ClF2O2S/c24-18-10-13-20(14-11-18)29(27,28)23(21-16-19(25)12-15-22(21)26)9-5-4-8-17-6-2-1-3-7-17/h1-3,6-7,10-16,23H,4-5,8-9H2. The van der Waals surface area contributed by atoms with Crippen LogP contribution in [0.2, 0.25) is 5.02 Å². The van der Waals surface area contributed by atoms with Crippen LogP contribution in [0.25, 0.3) is 0 Å². The first kappa shape index (κ1) is 21.5. The van der Waals surface area contributed by atoms with E-state index in [2.05, 4.69) is 0 Å². The summed E-state index contributed by atoms with van der Waals surface area (Å²) in [6, 6.07) is 18.5. The summed E-state index contributed by atoms with van der Waals surface area (Å²) >= 11 is 5.86. The van der Waals surface area contributed by atoms with Crippen molar-refractivity contribution in [3.05, 3.63) is 101 Å². The lowest BCUT2D eigenvalue weighted by molar-refractivity contribution is 0.541. The van der Waals surface area contributed by atoms with Crippen molar-refractivity contribution in [3.63, 3.8) is 0 Å². The Balaban J connectivity index is 1.85. The lowest BCUT2D eigenvalue weighted by Crippen LogP contribution is -2.16. The molecule has 0 bridgehead atoms. The van der Waals surface area contributed by atoms with Crippen molar-refractivity contribution in [2.75, 3.05) is 0 Å². The normalized spacial score (nSPS) is 12.7. The number of sulfone groups is 1. The fourth-order valence-corrected chi connectivity index (χ4v) is 5.29. The lowest BCUT2D eigenvalue weighted by Gasteiger charge is -2.19. The molecule has 1 atom stereocenters. The molecule has 0 heterocycles. The van der Waals surface area contributed by atoms with Gasteiger partial charge in [-0.2, -0.15) is 0 Å². The molecule has 0 saturated heterocycles. The number of unbranched alkanes of at least 4 members (excludes halogenated alkanes) is 1. The Hall–Kier alpha value is -2.24. The first-order valence-corrected chi connectivity index (χ1v) is 11.3. The van der Waals surface area contributed by atoms with E-state index in [1.54, 1.807) is 0 Å². The van der Waals surface area contributed by atoms with Crippen molar-refractivity contribution >= 4 is 21.4 Å². The number of hydrogen-bond acceptors (Lipinski definition) is 2. The Bertz CT molecular complexity index is 1050. The minimum atomic E-state index is -3.92. The van der Waals surface area contributed by atoms with Crippen LogP contribution in [0.4, 0.5) is 8.78 Å². The highest BCUT2D eigenvalue weighted by Gasteiger charge is 2.31. The molecule has 6 heteroatoms. The van der Waals surface area contributed by atoms with Gasteiger partial charge in [0.05, 0.1) is 10.1 Å². The topological polar surface area (TPSA) is 34.1 Å². The summed E-state index contributed by atoms with van der Waals surface area (Å²) in [7, 11) is -3.92. The third-order valence-electron chi connectivity index (χ3n) is 4.85. The number of rotatable bonds is 8. The van der Waals surface area contributed by atoms with Crippen LogP contribution in [0, 0.1) is 11.6 Å². The third-order valence-corrected chi connectivity index (χ3v) is 7.27. The van der Waals surface area contributed by atoms with Crippen LogP contribution in [0.15, 0.2) is 77.7 Å². The van der Waals surface area contributed by atoms with Crippen molar-refractivity contribution in [2.45, 2.75) is 35.8 Å². The predicted octanol–water partition coefficient (Wildman–Crippen LogP) is 6.55. The number of benzene rings is 3. The summed E-state index contributed by atoms with van der Waals surface area (Å²) in [5.41, 5.74) is 1.02. The summed E-state index contributed by atoms with van der Waals surface area (Å²) in [5.74, 6) is -1.39. The summed E-state index contributed by atoms with van der Waals surface area (Å²) in [4.78, 5) is 0.0404. The van der Waals surface area contributed by atoms with Crippen LogP contribution in [-0.4, -0.2) is 8.42 Å². The van der Waals surface area contributed by atoms with E-state index >= 15 is 0 Å². The highest BCUT2D eigenvalue weighted by atomic mass is 35.5. The molecular weight excluding hydrogens is 414 g/mol. The molecule has 0 radical (unpaired) electrons. The molecule has 0 spiro atoms. The molecule has 0 amide bonds. The lowest BCUT2D eigenvalue weighted by atomic mass is 10.0. The zero-order valence-corrected chi connectivity index (χ0v) is 17.3. The fraction of sp³-hybridized carbons (Fsp3) is 0.217. The molecule has 0 aliphatic rings. The molecule has 2 nitrogen and oxygen atoms in total. The Morgan fingerprint density at radius 2 is 1.55 bits per heavy atom.